The molecule has 0 bridgehead atoms. The van der Waals surface area contributed by atoms with E-state index in [2.05, 4.69) is 0 Å². The first-order valence-electron chi connectivity index (χ1n) is 3.18. The lowest BCUT2D eigenvalue weighted by Gasteiger charge is -2.17. The van der Waals surface area contributed by atoms with Crippen molar-refractivity contribution < 1.29 is 9.47 Å². The quantitative estimate of drug-likeness (QED) is 0.420. The molecule has 0 heterocycles. The van der Waals surface area contributed by atoms with Gasteiger partial charge in [0, 0.05) is 27.8 Å². The van der Waals surface area contributed by atoms with E-state index in [-0.39, 0.29) is 6.10 Å². The van der Waals surface area contributed by atoms with Crippen molar-refractivity contribution in [3.8, 4) is 0 Å². The molecule has 4 heteroatoms. The Bertz CT molecular complexity index is 78.1. The molecule has 0 radical (unpaired) electrons. The molecule has 4 nitrogen and oxygen atoms in total. The van der Waals surface area contributed by atoms with Gasteiger partial charge in [-0.05, 0) is 0 Å². The van der Waals surface area contributed by atoms with Crippen molar-refractivity contribution in [3.05, 3.63) is 0 Å². The first kappa shape index (κ1) is 9.84. The van der Waals surface area contributed by atoms with E-state index in [4.69, 9.17) is 15.3 Å². The topological polar surface area (TPSA) is 47.7 Å². The van der Waals surface area contributed by atoms with E-state index in [9.17, 15) is 0 Å². The van der Waals surface area contributed by atoms with Crippen molar-refractivity contribution in [3.63, 3.8) is 0 Å². The third kappa shape index (κ3) is 4.69. The third-order valence-electron chi connectivity index (χ3n) is 1.18. The summed E-state index contributed by atoms with van der Waals surface area (Å²) in [5, 5.41) is 1.58. The molecule has 0 saturated heterocycles. The van der Waals surface area contributed by atoms with Gasteiger partial charge in [0.05, 0.1) is 12.7 Å². The van der Waals surface area contributed by atoms with Crippen molar-refractivity contribution in [1.29, 1.82) is 0 Å². The Hall–Kier alpha value is -0.160. The molecule has 0 aromatic rings. The number of methoxy groups -OCH3 is 2. The van der Waals surface area contributed by atoms with E-state index >= 15 is 0 Å². The van der Waals surface area contributed by atoms with Gasteiger partial charge in [0.15, 0.2) is 0 Å². The van der Waals surface area contributed by atoms with Crippen LogP contribution in [0.2, 0.25) is 0 Å². The zero-order chi connectivity index (χ0) is 7.98. The second-order valence-electron chi connectivity index (χ2n) is 2.25. The number of ether oxygens (including phenoxy) is 2. The first-order valence-corrected chi connectivity index (χ1v) is 3.18. The van der Waals surface area contributed by atoms with Gasteiger partial charge in [-0.3, -0.25) is 5.84 Å². The molecule has 2 N–H and O–H groups in total. The highest BCUT2D eigenvalue weighted by molar-refractivity contribution is 4.57. The maximum Gasteiger partial charge on any atom is 0.0944 e. The number of hydrogen-bond acceptors (Lipinski definition) is 4. The van der Waals surface area contributed by atoms with Gasteiger partial charge >= 0.3 is 0 Å². The van der Waals surface area contributed by atoms with Crippen molar-refractivity contribution in [1.82, 2.24) is 5.01 Å². The van der Waals surface area contributed by atoms with Crippen LogP contribution in [-0.2, 0) is 9.47 Å². The molecule has 0 fully saturated rings. The minimum atomic E-state index is 0.0694. The average molecular weight is 148 g/mol. The summed E-state index contributed by atoms with van der Waals surface area (Å²) in [4.78, 5) is 0. The van der Waals surface area contributed by atoms with Gasteiger partial charge in [0.1, 0.15) is 0 Å². The van der Waals surface area contributed by atoms with Crippen LogP contribution in [0.3, 0.4) is 0 Å². The van der Waals surface area contributed by atoms with Crippen molar-refractivity contribution >= 4 is 0 Å². The molecule has 0 saturated carbocycles. The van der Waals surface area contributed by atoms with E-state index in [1.165, 1.54) is 0 Å². The van der Waals surface area contributed by atoms with Gasteiger partial charge in [-0.25, -0.2) is 5.01 Å². The molecule has 0 aromatic carbocycles. The maximum atomic E-state index is 5.40. The van der Waals surface area contributed by atoms with Gasteiger partial charge in [-0.2, -0.15) is 0 Å². The second-order valence-corrected chi connectivity index (χ2v) is 2.25. The van der Waals surface area contributed by atoms with Crippen molar-refractivity contribution in [2.24, 2.45) is 5.84 Å². The number of hydrazine groups is 1. The molecule has 0 aliphatic heterocycles. The van der Waals surface area contributed by atoms with Crippen LogP contribution in [0.5, 0.6) is 0 Å². The van der Waals surface area contributed by atoms with Crippen LogP contribution in [0.15, 0.2) is 0 Å². The minimum Gasteiger partial charge on any atom is -0.382 e. The van der Waals surface area contributed by atoms with Crippen LogP contribution in [-0.4, -0.2) is 45.5 Å². The molecular weight excluding hydrogens is 132 g/mol. The lowest BCUT2D eigenvalue weighted by Crippen LogP contribution is -2.37. The molecule has 1 atom stereocenters. The SMILES string of the molecule is COCC(CN(C)N)OC. The lowest BCUT2D eigenvalue weighted by molar-refractivity contribution is 0.0104. The van der Waals surface area contributed by atoms with E-state index in [0.717, 1.165) is 0 Å². The van der Waals surface area contributed by atoms with Gasteiger partial charge in [-0.1, -0.05) is 0 Å². The minimum absolute atomic E-state index is 0.0694. The van der Waals surface area contributed by atoms with E-state index in [0.29, 0.717) is 13.2 Å². The van der Waals surface area contributed by atoms with Crippen molar-refractivity contribution in [2.45, 2.75) is 6.10 Å². The second kappa shape index (κ2) is 5.61. The van der Waals surface area contributed by atoms with Gasteiger partial charge in [-0.15, -0.1) is 0 Å². The zero-order valence-electron chi connectivity index (χ0n) is 6.83. The molecule has 0 aromatic heterocycles. The summed E-state index contributed by atoms with van der Waals surface area (Å²) in [6.45, 7) is 1.27. The Kier molecular flexibility index (Phi) is 5.52. The van der Waals surface area contributed by atoms with E-state index in [1.807, 2.05) is 0 Å². The van der Waals surface area contributed by atoms with Crippen LogP contribution in [0.1, 0.15) is 0 Å². The summed E-state index contributed by atoms with van der Waals surface area (Å²) in [5.74, 6) is 5.40. The van der Waals surface area contributed by atoms with Crippen LogP contribution >= 0.6 is 0 Å². The molecule has 0 aliphatic carbocycles. The molecule has 62 valence electrons. The van der Waals surface area contributed by atoms with Gasteiger partial charge < -0.3 is 9.47 Å². The van der Waals surface area contributed by atoms with Crippen LogP contribution in [0, 0.1) is 0 Å². The smallest absolute Gasteiger partial charge is 0.0944 e. The normalized spacial score (nSPS) is 14.1. The maximum absolute atomic E-state index is 5.40. The summed E-state index contributed by atoms with van der Waals surface area (Å²) in [7, 11) is 5.08. The number of nitrogens with zero attached hydrogens (tertiary/aromatic N) is 1. The fourth-order valence-corrected chi connectivity index (χ4v) is 0.702. The molecule has 0 amide bonds. The predicted octanol–water partition coefficient (Wildman–Crippen LogP) is -0.547. The molecule has 0 spiro atoms. The Balaban J connectivity index is 3.39. The fraction of sp³-hybridized carbons (Fsp3) is 1.00. The summed E-state index contributed by atoms with van der Waals surface area (Å²) in [6.07, 6.45) is 0.0694. The van der Waals surface area contributed by atoms with Crippen LogP contribution in [0.4, 0.5) is 0 Å². The molecular formula is C6H16N2O2. The molecule has 0 rings (SSSR count). The molecule has 10 heavy (non-hydrogen) atoms. The van der Waals surface area contributed by atoms with E-state index in [1.54, 1.807) is 26.3 Å². The fourth-order valence-electron chi connectivity index (χ4n) is 0.702. The Morgan fingerprint density at radius 1 is 1.50 bits per heavy atom. The highest BCUT2D eigenvalue weighted by Gasteiger charge is 2.06. The Labute approximate surface area is 61.9 Å². The summed E-state index contributed by atoms with van der Waals surface area (Å²) in [5.41, 5.74) is 0. The first-order chi connectivity index (χ1) is 4.70. The third-order valence-corrected chi connectivity index (χ3v) is 1.18. The highest BCUT2D eigenvalue weighted by Crippen LogP contribution is 1.90. The average Bonchev–Trinajstić information content (AvgIpc) is 1.86. The molecule has 1 unspecified atom stereocenters. The Morgan fingerprint density at radius 2 is 2.10 bits per heavy atom. The van der Waals surface area contributed by atoms with Crippen molar-refractivity contribution in [2.75, 3.05) is 34.4 Å². The standard InChI is InChI=1S/C6H16N2O2/c1-8(7)4-6(10-3)5-9-2/h6H,4-5,7H2,1-3H3. The van der Waals surface area contributed by atoms with Crippen LogP contribution < -0.4 is 5.84 Å². The number of hydrogen-bond donors (Lipinski definition) is 1. The van der Waals surface area contributed by atoms with E-state index < -0.39 is 0 Å². The largest absolute Gasteiger partial charge is 0.382 e. The number of likely N-dealkylation sites (N-methyl/N-ethyl adjacent to an activating group) is 1. The monoisotopic (exact) mass is 148 g/mol. The summed E-state index contributed by atoms with van der Waals surface area (Å²) < 4.78 is 9.94. The zero-order valence-corrected chi connectivity index (χ0v) is 6.83. The van der Waals surface area contributed by atoms with Gasteiger partial charge in [0.2, 0.25) is 0 Å². The summed E-state index contributed by atoms with van der Waals surface area (Å²) in [6, 6.07) is 0. The number of nitrogens with two attached hydrogens (primary N) is 1. The van der Waals surface area contributed by atoms with Gasteiger partial charge in [0.25, 0.3) is 0 Å². The number of rotatable bonds is 5. The molecule has 0 aliphatic rings. The lowest BCUT2D eigenvalue weighted by atomic mass is 10.4. The predicted molar refractivity (Wildman–Crippen MR) is 39.5 cm³/mol. The van der Waals surface area contributed by atoms with Crippen LogP contribution in [0.25, 0.3) is 0 Å². The summed E-state index contributed by atoms with van der Waals surface area (Å²) >= 11 is 0. The Morgan fingerprint density at radius 3 is 2.40 bits per heavy atom. The highest BCUT2D eigenvalue weighted by atomic mass is 16.5.